The van der Waals surface area contributed by atoms with Gasteiger partial charge in [0, 0.05) is 24.2 Å². The molecule has 0 heterocycles. The first-order valence-electron chi connectivity index (χ1n) is 8.40. The lowest BCUT2D eigenvalue weighted by atomic mass is 9.63. The molecule has 0 atom stereocenters. The molecule has 25 heavy (non-hydrogen) atoms. The molecule has 1 saturated carbocycles. The number of hydrogen-bond acceptors (Lipinski definition) is 2. The zero-order chi connectivity index (χ0) is 17.9. The maximum absolute atomic E-state index is 12.8. The lowest BCUT2D eigenvalue weighted by Crippen LogP contribution is -2.48. The first kappa shape index (κ1) is 17.5. The third kappa shape index (κ3) is 3.85. The van der Waals surface area contributed by atoms with Gasteiger partial charge in [-0.15, -0.1) is 0 Å². The van der Waals surface area contributed by atoms with Crippen molar-refractivity contribution in [2.24, 2.45) is 0 Å². The van der Waals surface area contributed by atoms with Gasteiger partial charge in [0.15, 0.2) is 0 Å². The molecule has 4 nitrogen and oxygen atoms in total. The van der Waals surface area contributed by atoms with Crippen molar-refractivity contribution in [1.82, 2.24) is 5.32 Å². The van der Waals surface area contributed by atoms with Crippen molar-refractivity contribution in [2.75, 3.05) is 5.32 Å². The molecule has 0 saturated heterocycles. The normalized spacial score (nSPS) is 15.1. The second-order valence-electron chi connectivity index (χ2n) is 6.50. The number of anilines is 1. The number of amides is 2. The molecule has 3 rings (SSSR count). The molecule has 0 spiro atoms. The van der Waals surface area contributed by atoms with E-state index in [0.29, 0.717) is 11.6 Å². The SMILES string of the molecule is CC(=O)Nc1ccc(C2(C(=O)NCc3ccc(Cl)cc3)CCC2)cc1. The van der Waals surface area contributed by atoms with E-state index in [9.17, 15) is 9.59 Å². The first-order valence-corrected chi connectivity index (χ1v) is 8.78. The van der Waals surface area contributed by atoms with Crippen LogP contribution in [0.2, 0.25) is 5.02 Å². The molecular weight excluding hydrogens is 336 g/mol. The molecule has 2 N–H and O–H groups in total. The summed E-state index contributed by atoms with van der Waals surface area (Å²) in [4.78, 5) is 24.0. The zero-order valence-corrected chi connectivity index (χ0v) is 14.9. The summed E-state index contributed by atoms with van der Waals surface area (Å²) in [6.45, 7) is 1.97. The third-order valence-corrected chi connectivity index (χ3v) is 5.02. The fraction of sp³-hybridized carbons (Fsp3) is 0.300. The molecule has 1 aliphatic carbocycles. The summed E-state index contributed by atoms with van der Waals surface area (Å²) < 4.78 is 0. The summed E-state index contributed by atoms with van der Waals surface area (Å²) in [6, 6.07) is 15.0. The Labute approximate surface area is 152 Å². The van der Waals surface area contributed by atoms with Crippen LogP contribution in [0.5, 0.6) is 0 Å². The molecule has 0 aliphatic heterocycles. The van der Waals surface area contributed by atoms with Crippen LogP contribution >= 0.6 is 11.6 Å². The van der Waals surface area contributed by atoms with E-state index in [1.807, 2.05) is 48.5 Å². The van der Waals surface area contributed by atoms with Crippen molar-refractivity contribution in [1.29, 1.82) is 0 Å². The highest BCUT2D eigenvalue weighted by Gasteiger charge is 2.45. The van der Waals surface area contributed by atoms with Gasteiger partial charge in [0.2, 0.25) is 11.8 Å². The van der Waals surface area contributed by atoms with Crippen LogP contribution < -0.4 is 10.6 Å². The fourth-order valence-electron chi connectivity index (χ4n) is 3.21. The van der Waals surface area contributed by atoms with Gasteiger partial charge < -0.3 is 10.6 Å². The maximum Gasteiger partial charge on any atom is 0.230 e. The number of halogens is 1. The maximum atomic E-state index is 12.8. The number of rotatable bonds is 5. The van der Waals surface area contributed by atoms with Crippen LogP contribution in [0, 0.1) is 0 Å². The summed E-state index contributed by atoms with van der Waals surface area (Å²) in [7, 11) is 0. The van der Waals surface area contributed by atoms with Crippen molar-refractivity contribution in [3.8, 4) is 0 Å². The van der Waals surface area contributed by atoms with E-state index in [-0.39, 0.29) is 11.8 Å². The quantitative estimate of drug-likeness (QED) is 0.849. The molecule has 0 radical (unpaired) electrons. The summed E-state index contributed by atoms with van der Waals surface area (Å²) in [6.07, 6.45) is 2.74. The average Bonchev–Trinajstić information content (AvgIpc) is 2.54. The molecule has 0 aromatic heterocycles. The molecule has 2 amide bonds. The second kappa shape index (κ2) is 7.28. The van der Waals surface area contributed by atoms with Crippen molar-refractivity contribution >= 4 is 29.1 Å². The van der Waals surface area contributed by atoms with Gasteiger partial charge in [0.1, 0.15) is 0 Å². The Hall–Kier alpha value is -2.33. The van der Waals surface area contributed by atoms with Crippen LogP contribution in [0.4, 0.5) is 5.69 Å². The van der Waals surface area contributed by atoms with Gasteiger partial charge in [0.25, 0.3) is 0 Å². The predicted octanol–water partition coefficient (Wildman–Crippen LogP) is 4.04. The van der Waals surface area contributed by atoms with E-state index >= 15 is 0 Å². The highest BCUT2D eigenvalue weighted by molar-refractivity contribution is 6.30. The number of nitrogens with one attached hydrogen (secondary N) is 2. The number of carbonyl (C=O) groups excluding carboxylic acids is 2. The van der Waals surface area contributed by atoms with Crippen molar-refractivity contribution in [2.45, 2.75) is 38.1 Å². The molecule has 130 valence electrons. The molecule has 2 aromatic rings. The molecule has 5 heteroatoms. The summed E-state index contributed by atoms with van der Waals surface area (Å²) in [5, 5.41) is 6.49. The third-order valence-electron chi connectivity index (χ3n) is 4.77. The predicted molar refractivity (Wildman–Crippen MR) is 99.6 cm³/mol. The summed E-state index contributed by atoms with van der Waals surface area (Å²) >= 11 is 5.89. The van der Waals surface area contributed by atoms with Crippen molar-refractivity contribution in [3.63, 3.8) is 0 Å². The molecule has 1 fully saturated rings. The standard InChI is InChI=1S/C20H21ClN2O2/c1-14(24)23-18-9-5-16(6-10-18)20(11-2-12-20)19(25)22-13-15-3-7-17(21)8-4-15/h3-10H,2,11-13H2,1H3,(H,22,25)(H,23,24). The van der Waals surface area contributed by atoms with Gasteiger partial charge in [-0.25, -0.2) is 0 Å². The van der Waals surface area contributed by atoms with Crippen molar-refractivity contribution in [3.05, 3.63) is 64.7 Å². The number of carbonyl (C=O) groups is 2. The van der Waals surface area contributed by atoms with E-state index in [0.717, 1.165) is 36.1 Å². The van der Waals surface area contributed by atoms with E-state index in [2.05, 4.69) is 10.6 Å². The molecule has 0 bridgehead atoms. The topological polar surface area (TPSA) is 58.2 Å². The number of benzene rings is 2. The largest absolute Gasteiger partial charge is 0.351 e. The lowest BCUT2D eigenvalue weighted by Gasteiger charge is -2.40. The minimum absolute atomic E-state index is 0.0565. The molecule has 2 aromatic carbocycles. The molecular formula is C20H21ClN2O2. The van der Waals surface area contributed by atoms with Crippen LogP contribution in [-0.2, 0) is 21.5 Å². The minimum atomic E-state index is -0.457. The molecule has 1 aliphatic rings. The Bertz CT molecular complexity index is 765. The van der Waals surface area contributed by atoms with Gasteiger partial charge in [-0.1, -0.05) is 42.3 Å². The smallest absolute Gasteiger partial charge is 0.230 e. The van der Waals surface area contributed by atoms with Crippen LogP contribution in [0.1, 0.15) is 37.3 Å². The van der Waals surface area contributed by atoms with Crippen LogP contribution in [0.15, 0.2) is 48.5 Å². The van der Waals surface area contributed by atoms with Crippen LogP contribution in [-0.4, -0.2) is 11.8 Å². The van der Waals surface area contributed by atoms with E-state index in [1.165, 1.54) is 6.92 Å². The second-order valence-corrected chi connectivity index (χ2v) is 6.94. The van der Waals surface area contributed by atoms with Gasteiger partial charge in [-0.2, -0.15) is 0 Å². The summed E-state index contributed by atoms with van der Waals surface area (Å²) in [5.41, 5.74) is 2.31. The monoisotopic (exact) mass is 356 g/mol. The Morgan fingerprint density at radius 1 is 1.04 bits per heavy atom. The van der Waals surface area contributed by atoms with E-state index in [4.69, 9.17) is 11.6 Å². The lowest BCUT2D eigenvalue weighted by molar-refractivity contribution is -0.130. The minimum Gasteiger partial charge on any atom is -0.351 e. The van der Waals surface area contributed by atoms with E-state index in [1.54, 1.807) is 0 Å². The number of hydrogen-bond donors (Lipinski definition) is 2. The van der Waals surface area contributed by atoms with Gasteiger partial charge in [-0.05, 0) is 48.2 Å². The molecule has 0 unspecified atom stereocenters. The van der Waals surface area contributed by atoms with Gasteiger partial charge in [-0.3, -0.25) is 9.59 Å². The van der Waals surface area contributed by atoms with Crippen LogP contribution in [0.25, 0.3) is 0 Å². The zero-order valence-electron chi connectivity index (χ0n) is 14.1. The van der Waals surface area contributed by atoms with Crippen LogP contribution in [0.3, 0.4) is 0 Å². The fourth-order valence-corrected chi connectivity index (χ4v) is 3.33. The Morgan fingerprint density at radius 3 is 2.20 bits per heavy atom. The Balaban J connectivity index is 1.70. The highest BCUT2D eigenvalue weighted by Crippen LogP contribution is 2.44. The van der Waals surface area contributed by atoms with Gasteiger partial charge >= 0.3 is 0 Å². The Morgan fingerprint density at radius 2 is 1.68 bits per heavy atom. The Kier molecular flexibility index (Phi) is 5.09. The van der Waals surface area contributed by atoms with Crippen molar-refractivity contribution < 1.29 is 9.59 Å². The first-order chi connectivity index (χ1) is 12.0. The van der Waals surface area contributed by atoms with E-state index < -0.39 is 5.41 Å². The summed E-state index contributed by atoms with van der Waals surface area (Å²) in [5.74, 6) is -0.0483. The average molecular weight is 357 g/mol. The van der Waals surface area contributed by atoms with Gasteiger partial charge in [0.05, 0.1) is 5.41 Å². The highest BCUT2D eigenvalue weighted by atomic mass is 35.5.